The van der Waals surface area contributed by atoms with Crippen molar-refractivity contribution in [1.82, 2.24) is 9.80 Å². The first-order valence-corrected chi connectivity index (χ1v) is 6.52. The lowest BCUT2D eigenvalue weighted by atomic mass is 10.1. The Hall–Kier alpha value is -0.810. The third-order valence-electron chi connectivity index (χ3n) is 3.76. The number of rotatable bonds is 5. The molecule has 1 fully saturated rings. The summed E-state index contributed by atoms with van der Waals surface area (Å²) < 4.78 is 0. The van der Waals surface area contributed by atoms with Crippen LogP contribution in [-0.4, -0.2) is 59.6 Å². The van der Waals surface area contributed by atoms with Gasteiger partial charge in [-0.25, -0.2) is 0 Å². The number of nitrogens with zero attached hydrogens (tertiary/aromatic N) is 3. The van der Waals surface area contributed by atoms with E-state index in [-0.39, 0.29) is 6.04 Å². The molecule has 0 aromatic heterocycles. The molecule has 0 spiro atoms. The van der Waals surface area contributed by atoms with E-state index >= 15 is 0 Å². The van der Waals surface area contributed by atoms with Gasteiger partial charge in [0, 0.05) is 32.7 Å². The summed E-state index contributed by atoms with van der Waals surface area (Å²) in [6.45, 7) is 11.8. The fourth-order valence-corrected chi connectivity index (χ4v) is 2.17. The Kier molecular flexibility index (Phi) is 5.71. The number of amidine groups is 1. The first-order chi connectivity index (χ1) is 8.08. The molecule has 2 unspecified atom stereocenters. The number of nitrogens with two attached hydrogens (primary N) is 1. The first-order valence-electron chi connectivity index (χ1n) is 6.52. The zero-order valence-electron chi connectivity index (χ0n) is 11.3. The lowest BCUT2D eigenvalue weighted by Gasteiger charge is -2.38. The Morgan fingerprint density at radius 3 is 2.35 bits per heavy atom. The second-order valence-electron chi connectivity index (χ2n) is 5.05. The molecule has 0 bridgehead atoms. The van der Waals surface area contributed by atoms with E-state index in [2.05, 4.69) is 28.8 Å². The van der Waals surface area contributed by atoms with E-state index in [0.717, 1.165) is 32.1 Å². The van der Waals surface area contributed by atoms with Crippen molar-refractivity contribution >= 4 is 5.84 Å². The van der Waals surface area contributed by atoms with Crippen molar-refractivity contribution in [3.63, 3.8) is 0 Å². The summed E-state index contributed by atoms with van der Waals surface area (Å²) in [6, 6.07) is 0.0331. The molecule has 100 valence electrons. The van der Waals surface area contributed by atoms with E-state index < -0.39 is 0 Å². The van der Waals surface area contributed by atoms with Gasteiger partial charge in [0.05, 0.1) is 6.04 Å². The highest BCUT2D eigenvalue weighted by Gasteiger charge is 2.23. The summed E-state index contributed by atoms with van der Waals surface area (Å²) >= 11 is 0. The molecule has 0 amide bonds. The molecule has 1 heterocycles. The highest BCUT2D eigenvalue weighted by molar-refractivity contribution is 5.84. The van der Waals surface area contributed by atoms with Crippen LogP contribution in [0.5, 0.6) is 0 Å². The zero-order chi connectivity index (χ0) is 12.8. The maximum atomic E-state index is 8.66. The molecule has 0 aliphatic carbocycles. The minimum Gasteiger partial charge on any atom is -0.409 e. The maximum absolute atomic E-state index is 8.66. The Morgan fingerprint density at radius 2 is 1.88 bits per heavy atom. The van der Waals surface area contributed by atoms with E-state index in [9.17, 15) is 0 Å². The van der Waals surface area contributed by atoms with Gasteiger partial charge in [0.15, 0.2) is 5.84 Å². The summed E-state index contributed by atoms with van der Waals surface area (Å²) in [5.41, 5.74) is 5.63. The van der Waals surface area contributed by atoms with Crippen LogP contribution in [0.4, 0.5) is 0 Å². The van der Waals surface area contributed by atoms with Crippen molar-refractivity contribution in [2.24, 2.45) is 16.8 Å². The average molecular weight is 242 g/mol. The molecule has 0 radical (unpaired) electrons. The summed E-state index contributed by atoms with van der Waals surface area (Å²) in [7, 11) is 0. The van der Waals surface area contributed by atoms with Crippen molar-refractivity contribution in [3.8, 4) is 0 Å². The Morgan fingerprint density at radius 1 is 1.29 bits per heavy atom. The molecule has 1 saturated heterocycles. The van der Waals surface area contributed by atoms with Crippen LogP contribution in [-0.2, 0) is 0 Å². The molecule has 17 heavy (non-hydrogen) atoms. The van der Waals surface area contributed by atoms with Gasteiger partial charge in [0.25, 0.3) is 0 Å². The van der Waals surface area contributed by atoms with Gasteiger partial charge in [0.2, 0.25) is 0 Å². The van der Waals surface area contributed by atoms with Crippen LogP contribution >= 0.6 is 0 Å². The van der Waals surface area contributed by atoms with E-state index in [1.165, 1.54) is 13.0 Å². The van der Waals surface area contributed by atoms with Crippen LogP contribution in [0.25, 0.3) is 0 Å². The predicted octanol–water partition coefficient (Wildman–Crippen LogP) is 0.785. The Bertz CT molecular complexity index is 249. The smallest absolute Gasteiger partial charge is 0.156 e. The minimum absolute atomic E-state index is 0.0331. The quantitative estimate of drug-likeness (QED) is 0.324. The molecule has 1 aliphatic rings. The first kappa shape index (κ1) is 14.3. The molecule has 0 aromatic carbocycles. The average Bonchev–Trinajstić information content (AvgIpc) is 2.37. The molecule has 1 rings (SSSR count). The van der Waals surface area contributed by atoms with Crippen molar-refractivity contribution in [2.45, 2.75) is 33.2 Å². The minimum atomic E-state index is 0.0331. The maximum Gasteiger partial charge on any atom is 0.156 e. The molecule has 0 aromatic rings. The predicted molar refractivity (Wildman–Crippen MR) is 70.3 cm³/mol. The third kappa shape index (κ3) is 4.16. The molecule has 0 saturated carbocycles. The van der Waals surface area contributed by atoms with E-state index in [4.69, 9.17) is 10.9 Å². The van der Waals surface area contributed by atoms with Gasteiger partial charge in [-0.2, -0.15) is 0 Å². The molecule has 1 aliphatic heterocycles. The second kappa shape index (κ2) is 6.81. The summed E-state index contributed by atoms with van der Waals surface area (Å²) in [5, 5.41) is 11.7. The largest absolute Gasteiger partial charge is 0.409 e. The van der Waals surface area contributed by atoms with Gasteiger partial charge in [-0.15, -0.1) is 0 Å². The van der Waals surface area contributed by atoms with Gasteiger partial charge >= 0.3 is 0 Å². The fourth-order valence-electron chi connectivity index (χ4n) is 2.17. The van der Waals surface area contributed by atoms with Crippen LogP contribution in [0.15, 0.2) is 5.16 Å². The van der Waals surface area contributed by atoms with Gasteiger partial charge in [-0.3, -0.25) is 4.90 Å². The van der Waals surface area contributed by atoms with Crippen LogP contribution in [0.2, 0.25) is 0 Å². The summed E-state index contributed by atoms with van der Waals surface area (Å²) in [6.07, 6.45) is 1.24. The molecular formula is C12H26N4O. The number of hydrogen-bond acceptors (Lipinski definition) is 4. The summed E-state index contributed by atoms with van der Waals surface area (Å²) in [4.78, 5) is 4.77. The van der Waals surface area contributed by atoms with Crippen LogP contribution in [0.3, 0.4) is 0 Å². The fraction of sp³-hybridized carbons (Fsp3) is 0.917. The van der Waals surface area contributed by atoms with Crippen molar-refractivity contribution in [1.29, 1.82) is 0 Å². The van der Waals surface area contributed by atoms with E-state index in [0.29, 0.717) is 5.84 Å². The normalized spacial score (nSPS) is 23.6. The molecule has 5 nitrogen and oxygen atoms in total. The van der Waals surface area contributed by atoms with Crippen molar-refractivity contribution in [2.75, 3.05) is 32.7 Å². The van der Waals surface area contributed by atoms with Gasteiger partial charge in [-0.1, -0.05) is 25.4 Å². The number of hydrogen-bond donors (Lipinski definition) is 2. The topological polar surface area (TPSA) is 65.1 Å². The van der Waals surface area contributed by atoms with Crippen LogP contribution in [0, 0.1) is 5.92 Å². The molecule has 2 atom stereocenters. The zero-order valence-corrected chi connectivity index (χ0v) is 11.3. The summed E-state index contributed by atoms with van der Waals surface area (Å²) in [5.74, 6) is 1.07. The lowest BCUT2D eigenvalue weighted by molar-refractivity contribution is 0.109. The van der Waals surface area contributed by atoms with Crippen LogP contribution < -0.4 is 5.73 Å². The third-order valence-corrected chi connectivity index (χ3v) is 3.76. The van der Waals surface area contributed by atoms with E-state index in [1.807, 2.05) is 6.92 Å². The lowest BCUT2D eigenvalue weighted by Crippen LogP contribution is -2.53. The van der Waals surface area contributed by atoms with Gasteiger partial charge in [-0.05, 0) is 12.8 Å². The monoisotopic (exact) mass is 242 g/mol. The van der Waals surface area contributed by atoms with Gasteiger partial charge in [0.1, 0.15) is 0 Å². The standard InChI is InChI=1S/C12H26N4O/c1-4-10(2)9-15-5-7-16(8-6-15)11(3)12(13)14-17/h10-11,17H,4-9H2,1-3H3,(H2,13,14). The Labute approximate surface area is 104 Å². The molecular weight excluding hydrogens is 216 g/mol. The van der Waals surface area contributed by atoms with E-state index in [1.54, 1.807) is 0 Å². The Balaban J connectivity index is 2.35. The highest BCUT2D eigenvalue weighted by atomic mass is 16.4. The number of oxime groups is 1. The number of piperazine rings is 1. The van der Waals surface area contributed by atoms with Crippen molar-refractivity contribution < 1.29 is 5.21 Å². The molecule has 5 heteroatoms. The van der Waals surface area contributed by atoms with Crippen molar-refractivity contribution in [3.05, 3.63) is 0 Å². The van der Waals surface area contributed by atoms with Crippen LogP contribution in [0.1, 0.15) is 27.2 Å². The second-order valence-corrected chi connectivity index (χ2v) is 5.05. The molecule has 3 N–H and O–H groups in total. The SMILES string of the molecule is CCC(C)CN1CCN(C(C)/C(N)=N/O)CC1. The highest BCUT2D eigenvalue weighted by Crippen LogP contribution is 2.10. The van der Waals surface area contributed by atoms with Gasteiger partial charge < -0.3 is 15.8 Å².